The predicted octanol–water partition coefficient (Wildman–Crippen LogP) is 2.63. The lowest BCUT2D eigenvalue weighted by Gasteiger charge is -2.19. The first-order chi connectivity index (χ1) is 6.18. The van der Waals surface area contributed by atoms with E-state index >= 15 is 0 Å². The van der Waals surface area contributed by atoms with Crippen LogP contribution in [-0.2, 0) is 6.54 Å². The Morgan fingerprint density at radius 3 is 2.85 bits per heavy atom. The normalized spacial score (nSPS) is 14.5. The first-order valence-electron chi connectivity index (χ1n) is 3.70. The maximum atomic E-state index is 10.9. The number of nitrogens with one attached hydrogen (secondary N) is 2. The van der Waals surface area contributed by atoms with Crippen molar-refractivity contribution in [2.45, 2.75) is 6.54 Å². The van der Waals surface area contributed by atoms with Crippen LogP contribution in [-0.4, -0.2) is 6.03 Å². The Labute approximate surface area is 85.0 Å². The van der Waals surface area contributed by atoms with Crippen LogP contribution in [0.15, 0.2) is 12.1 Å². The molecule has 0 aromatic heterocycles. The molecule has 1 aromatic rings. The maximum absolute atomic E-state index is 10.9. The van der Waals surface area contributed by atoms with Gasteiger partial charge in [0, 0.05) is 17.8 Å². The summed E-state index contributed by atoms with van der Waals surface area (Å²) in [7, 11) is 0. The molecule has 0 saturated carbocycles. The van der Waals surface area contributed by atoms with Gasteiger partial charge in [-0.1, -0.05) is 23.2 Å². The van der Waals surface area contributed by atoms with E-state index in [1.165, 1.54) is 0 Å². The summed E-state index contributed by atoms with van der Waals surface area (Å²) in [5.74, 6) is 0. The van der Waals surface area contributed by atoms with E-state index < -0.39 is 0 Å². The second kappa shape index (κ2) is 3.09. The summed E-state index contributed by atoms with van der Waals surface area (Å²) in [5.41, 5.74) is 1.55. The summed E-state index contributed by atoms with van der Waals surface area (Å²) >= 11 is 11.7. The van der Waals surface area contributed by atoms with E-state index in [1.807, 2.05) is 0 Å². The van der Waals surface area contributed by atoms with Crippen LogP contribution in [0, 0.1) is 0 Å². The second-order valence-electron chi connectivity index (χ2n) is 2.70. The van der Waals surface area contributed by atoms with Crippen molar-refractivity contribution in [2.24, 2.45) is 0 Å². The molecule has 2 N–H and O–H groups in total. The molecule has 1 aliphatic rings. The third kappa shape index (κ3) is 1.45. The van der Waals surface area contributed by atoms with E-state index in [0.29, 0.717) is 16.6 Å². The van der Waals surface area contributed by atoms with Crippen molar-refractivity contribution in [2.75, 3.05) is 5.32 Å². The zero-order chi connectivity index (χ0) is 9.42. The fourth-order valence-corrected chi connectivity index (χ4v) is 1.63. The molecule has 1 aliphatic heterocycles. The van der Waals surface area contributed by atoms with Gasteiger partial charge in [0.05, 0.1) is 10.0 Å². The number of carbonyl (C=O) groups excluding carboxylic acids is 1. The molecule has 1 heterocycles. The summed E-state index contributed by atoms with van der Waals surface area (Å²) in [6.45, 7) is 0.417. The van der Waals surface area contributed by atoms with Gasteiger partial charge in [0.25, 0.3) is 0 Å². The minimum absolute atomic E-state index is 0.217. The number of urea groups is 1. The highest BCUT2D eigenvalue weighted by atomic mass is 35.5. The highest BCUT2D eigenvalue weighted by Gasteiger charge is 2.17. The Morgan fingerprint density at radius 1 is 1.31 bits per heavy atom. The number of halogens is 2. The van der Waals surface area contributed by atoms with Gasteiger partial charge < -0.3 is 10.6 Å². The van der Waals surface area contributed by atoms with E-state index in [4.69, 9.17) is 23.2 Å². The van der Waals surface area contributed by atoms with Gasteiger partial charge in [-0.05, 0) is 12.1 Å². The van der Waals surface area contributed by atoms with Crippen molar-refractivity contribution < 1.29 is 4.79 Å². The van der Waals surface area contributed by atoms with Crippen LogP contribution in [0.3, 0.4) is 0 Å². The monoisotopic (exact) mass is 216 g/mol. The molecule has 0 bridgehead atoms. The second-order valence-corrected chi connectivity index (χ2v) is 3.48. The van der Waals surface area contributed by atoms with E-state index in [-0.39, 0.29) is 6.03 Å². The summed E-state index contributed by atoms with van der Waals surface area (Å²) in [5, 5.41) is 6.24. The number of carbonyl (C=O) groups is 1. The van der Waals surface area contributed by atoms with Crippen molar-refractivity contribution in [1.29, 1.82) is 0 Å². The number of fused-ring (bicyclic) bond motifs is 1. The molecular formula is C8H6Cl2N2O. The molecule has 0 fully saturated rings. The molecule has 0 saturated heterocycles. The van der Waals surface area contributed by atoms with E-state index in [9.17, 15) is 4.79 Å². The van der Waals surface area contributed by atoms with Crippen molar-refractivity contribution in [1.82, 2.24) is 5.32 Å². The SMILES string of the molecule is O=C1NCc2c(ccc(Cl)c2Cl)N1. The number of amides is 2. The van der Waals surface area contributed by atoms with Crippen molar-refractivity contribution in [3.63, 3.8) is 0 Å². The third-order valence-electron chi connectivity index (χ3n) is 1.87. The largest absolute Gasteiger partial charge is 0.334 e. The molecule has 5 heteroatoms. The molecule has 68 valence electrons. The van der Waals surface area contributed by atoms with E-state index in [1.54, 1.807) is 12.1 Å². The average Bonchev–Trinajstić information content (AvgIpc) is 2.12. The quantitative estimate of drug-likeness (QED) is 0.688. The number of anilines is 1. The van der Waals surface area contributed by atoms with Crippen molar-refractivity contribution >= 4 is 34.9 Å². The van der Waals surface area contributed by atoms with Crippen LogP contribution >= 0.6 is 23.2 Å². The van der Waals surface area contributed by atoms with Gasteiger partial charge >= 0.3 is 6.03 Å². The number of hydrogen-bond donors (Lipinski definition) is 2. The first-order valence-corrected chi connectivity index (χ1v) is 4.46. The van der Waals surface area contributed by atoms with Crippen LogP contribution in [0.25, 0.3) is 0 Å². The highest BCUT2D eigenvalue weighted by Crippen LogP contribution is 2.32. The molecule has 2 amide bonds. The lowest BCUT2D eigenvalue weighted by molar-refractivity contribution is 0.251. The average molecular weight is 217 g/mol. The summed E-state index contributed by atoms with van der Waals surface area (Å²) in [6, 6.07) is 3.18. The van der Waals surface area contributed by atoms with Crippen molar-refractivity contribution in [3.05, 3.63) is 27.7 Å². The Kier molecular flexibility index (Phi) is 2.06. The predicted molar refractivity (Wildman–Crippen MR) is 52.3 cm³/mol. The Hall–Kier alpha value is -0.930. The van der Waals surface area contributed by atoms with Gasteiger partial charge in [-0.2, -0.15) is 0 Å². The van der Waals surface area contributed by atoms with Gasteiger partial charge in [-0.3, -0.25) is 0 Å². The number of rotatable bonds is 0. The van der Waals surface area contributed by atoms with Gasteiger partial charge in [-0.25, -0.2) is 4.79 Å². The fraction of sp³-hybridized carbons (Fsp3) is 0.125. The molecular weight excluding hydrogens is 211 g/mol. The molecule has 0 atom stereocenters. The topological polar surface area (TPSA) is 41.1 Å². The molecule has 3 nitrogen and oxygen atoms in total. The van der Waals surface area contributed by atoms with Crippen LogP contribution in [0.5, 0.6) is 0 Å². The van der Waals surface area contributed by atoms with Crippen LogP contribution in [0.4, 0.5) is 10.5 Å². The maximum Gasteiger partial charge on any atom is 0.319 e. The lowest BCUT2D eigenvalue weighted by atomic mass is 10.1. The Balaban J connectivity index is 2.53. The smallest absolute Gasteiger partial charge is 0.319 e. The van der Waals surface area contributed by atoms with Crippen LogP contribution in [0.2, 0.25) is 10.0 Å². The first kappa shape index (κ1) is 8.66. The standard InChI is InChI=1S/C8H6Cl2N2O/c9-5-1-2-6-4(7(5)10)3-11-8(13)12-6/h1-2H,3H2,(H2,11,12,13). The molecule has 1 aromatic carbocycles. The zero-order valence-electron chi connectivity index (χ0n) is 6.53. The Bertz CT molecular complexity index is 379. The minimum atomic E-state index is -0.217. The molecule has 0 aliphatic carbocycles. The summed E-state index contributed by atoms with van der Waals surface area (Å²) in [4.78, 5) is 10.9. The lowest BCUT2D eigenvalue weighted by Crippen LogP contribution is -2.33. The van der Waals surface area contributed by atoms with E-state index in [2.05, 4.69) is 10.6 Å². The van der Waals surface area contributed by atoms with Gasteiger partial charge in [0.15, 0.2) is 0 Å². The summed E-state index contributed by atoms with van der Waals surface area (Å²) in [6.07, 6.45) is 0. The highest BCUT2D eigenvalue weighted by molar-refractivity contribution is 6.42. The van der Waals surface area contributed by atoms with Crippen LogP contribution in [0.1, 0.15) is 5.56 Å². The zero-order valence-corrected chi connectivity index (χ0v) is 8.04. The molecule has 0 unspecified atom stereocenters. The summed E-state index contributed by atoms with van der Waals surface area (Å²) < 4.78 is 0. The van der Waals surface area contributed by atoms with Crippen molar-refractivity contribution in [3.8, 4) is 0 Å². The van der Waals surface area contributed by atoms with Gasteiger partial charge in [-0.15, -0.1) is 0 Å². The van der Waals surface area contributed by atoms with Crippen LogP contribution < -0.4 is 10.6 Å². The van der Waals surface area contributed by atoms with E-state index in [0.717, 1.165) is 11.3 Å². The van der Waals surface area contributed by atoms with Gasteiger partial charge in [0.2, 0.25) is 0 Å². The molecule has 0 spiro atoms. The molecule has 0 radical (unpaired) electrons. The third-order valence-corrected chi connectivity index (χ3v) is 2.71. The molecule has 13 heavy (non-hydrogen) atoms. The van der Waals surface area contributed by atoms with Gasteiger partial charge in [0.1, 0.15) is 0 Å². The fourth-order valence-electron chi connectivity index (χ4n) is 1.22. The molecule has 2 rings (SSSR count). The minimum Gasteiger partial charge on any atom is -0.334 e. The Morgan fingerprint density at radius 2 is 2.08 bits per heavy atom. The number of hydrogen-bond acceptors (Lipinski definition) is 1. The number of benzene rings is 1.